The minimum atomic E-state index is 0.328. The van der Waals surface area contributed by atoms with Gasteiger partial charge in [-0.15, -0.1) is 0 Å². The summed E-state index contributed by atoms with van der Waals surface area (Å²) < 4.78 is 0. The Morgan fingerprint density at radius 3 is 2.06 bits per heavy atom. The molecular formula is C16H28N2. The summed E-state index contributed by atoms with van der Waals surface area (Å²) in [5.74, 6) is 0. The van der Waals surface area contributed by atoms with Crippen molar-refractivity contribution in [2.45, 2.75) is 53.6 Å². The van der Waals surface area contributed by atoms with Crippen LogP contribution in [0.3, 0.4) is 0 Å². The highest BCUT2D eigenvalue weighted by Gasteiger charge is 2.21. The van der Waals surface area contributed by atoms with Crippen molar-refractivity contribution in [1.29, 1.82) is 0 Å². The van der Waals surface area contributed by atoms with E-state index in [0.29, 0.717) is 18.6 Å². The zero-order chi connectivity index (χ0) is 13.9. The molecule has 1 atom stereocenters. The molecule has 0 saturated carbocycles. The number of likely N-dealkylation sites (N-methyl/N-ethyl adjacent to an activating group) is 1. The molecule has 0 aromatic heterocycles. The maximum absolute atomic E-state index is 6.03. The molecule has 2 N–H and O–H groups in total. The maximum Gasteiger partial charge on any atom is 0.0475 e. The van der Waals surface area contributed by atoms with Crippen molar-refractivity contribution in [3.63, 3.8) is 0 Å². The minimum Gasteiger partial charge on any atom is -0.329 e. The van der Waals surface area contributed by atoms with Gasteiger partial charge in [0.2, 0.25) is 0 Å². The van der Waals surface area contributed by atoms with Crippen LogP contribution in [0.15, 0.2) is 12.1 Å². The Bertz CT molecular complexity index is 396. The molecule has 2 heteroatoms. The van der Waals surface area contributed by atoms with Gasteiger partial charge in [0.25, 0.3) is 0 Å². The monoisotopic (exact) mass is 248 g/mol. The highest BCUT2D eigenvalue weighted by Crippen LogP contribution is 2.27. The van der Waals surface area contributed by atoms with E-state index in [4.69, 9.17) is 5.73 Å². The van der Waals surface area contributed by atoms with Gasteiger partial charge in [-0.25, -0.2) is 0 Å². The van der Waals surface area contributed by atoms with E-state index in [-0.39, 0.29) is 0 Å². The van der Waals surface area contributed by atoms with Crippen molar-refractivity contribution in [1.82, 2.24) is 4.90 Å². The molecule has 1 aromatic rings. The summed E-state index contributed by atoms with van der Waals surface area (Å²) in [6.07, 6.45) is 0. The van der Waals surface area contributed by atoms with E-state index in [0.717, 1.165) is 6.54 Å². The highest BCUT2D eigenvalue weighted by molar-refractivity contribution is 5.38. The van der Waals surface area contributed by atoms with Gasteiger partial charge >= 0.3 is 0 Å². The number of hydrogen-bond donors (Lipinski definition) is 1. The normalized spacial score (nSPS) is 13.4. The van der Waals surface area contributed by atoms with Gasteiger partial charge in [0.05, 0.1) is 0 Å². The number of rotatable bonds is 5. The quantitative estimate of drug-likeness (QED) is 0.866. The SMILES string of the molecule is CCN(C(C)C)C(CN)c1cc(C)c(C)cc1C. The Balaban J connectivity index is 3.20. The molecule has 0 spiro atoms. The summed E-state index contributed by atoms with van der Waals surface area (Å²) in [5, 5.41) is 0. The van der Waals surface area contributed by atoms with Gasteiger partial charge in [0.15, 0.2) is 0 Å². The predicted molar refractivity (Wildman–Crippen MR) is 80.0 cm³/mol. The second-order valence-corrected chi connectivity index (χ2v) is 5.47. The van der Waals surface area contributed by atoms with Crippen LogP contribution >= 0.6 is 0 Å². The maximum atomic E-state index is 6.03. The van der Waals surface area contributed by atoms with Gasteiger partial charge in [0.1, 0.15) is 0 Å². The van der Waals surface area contributed by atoms with Crippen LogP contribution in [0.1, 0.15) is 49.1 Å². The van der Waals surface area contributed by atoms with E-state index in [1.807, 2.05) is 0 Å². The van der Waals surface area contributed by atoms with Gasteiger partial charge in [-0.05, 0) is 63.4 Å². The Morgan fingerprint density at radius 1 is 1.06 bits per heavy atom. The molecule has 0 amide bonds. The average Bonchev–Trinajstić information content (AvgIpc) is 2.30. The summed E-state index contributed by atoms with van der Waals surface area (Å²) in [6, 6.07) is 5.44. The van der Waals surface area contributed by atoms with Gasteiger partial charge in [0, 0.05) is 18.6 Å². The molecule has 0 aliphatic heterocycles. The Kier molecular flexibility index (Phi) is 5.36. The molecule has 0 heterocycles. The first-order valence-electron chi connectivity index (χ1n) is 6.95. The molecule has 0 radical (unpaired) electrons. The van der Waals surface area contributed by atoms with Crippen LogP contribution in [0.25, 0.3) is 0 Å². The first-order chi connectivity index (χ1) is 8.42. The summed E-state index contributed by atoms with van der Waals surface area (Å²) >= 11 is 0. The number of benzene rings is 1. The van der Waals surface area contributed by atoms with Crippen LogP contribution in [0.5, 0.6) is 0 Å². The molecule has 2 nitrogen and oxygen atoms in total. The smallest absolute Gasteiger partial charge is 0.0475 e. The Morgan fingerprint density at radius 2 is 1.61 bits per heavy atom. The van der Waals surface area contributed by atoms with E-state index in [9.17, 15) is 0 Å². The largest absolute Gasteiger partial charge is 0.329 e. The standard InChI is InChI=1S/C16H28N2/c1-7-18(11(2)3)16(10-17)15-9-13(5)12(4)8-14(15)6/h8-9,11,16H,7,10,17H2,1-6H3. The van der Waals surface area contributed by atoms with Crippen molar-refractivity contribution in [2.24, 2.45) is 5.73 Å². The molecule has 1 rings (SSSR count). The average molecular weight is 248 g/mol. The van der Waals surface area contributed by atoms with Crippen LogP contribution in [-0.4, -0.2) is 24.0 Å². The topological polar surface area (TPSA) is 29.3 Å². The molecule has 0 aliphatic carbocycles. The van der Waals surface area contributed by atoms with Crippen LogP contribution in [-0.2, 0) is 0 Å². The molecule has 1 unspecified atom stereocenters. The van der Waals surface area contributed by atoms with Gasteiger partial charge in [-0.1, -0.05) is 19.1 Å². The van der Waals surface area contributed by atoms with Crippen LogP contribution < -0.4 is 5.73 Å². The van der Waals surface area contributed by atoms with Gasteiger partial charge < -0.3 is 5.73 Å². The first-order valence-corrected chi connectivity index (χ1v) is 6.95. The van der Waals surface area contributed by atoms with Crippen molar-refractivity contribution in [2.75, 3.05) is 13.1 Å². The van der Waals surface area contributed by atoms with Gasteiger partial charge in [-0.2, -0.15) is 0 Å². The lowest BCUT2D eigenvalue weighted by molar-refractivity contribution is 0.166. The summed E-state index contributed by atoms with van der Waals surface area (Å²) in [7, 11) is 0. The fourth-order valence-corrected chi connectivity index (χ4v) is 2.73. The molecule has 102 valence electrons. The second-order valence-electron chi connectivity index (χ2n) is 5.47. The molecule has 0 fully saturated rings. The first kappa shape index (κ1) is 15.2. The Hall–Kier alpha value is -0.860. The number of hydrogen-bond acceptors (Lipinski definition) is 2. The van der Waals surface area contributed by atoms with Crippen LogP contribution in [0.2, 0.25) is 0 Å². The van der Waals surface area contributed by atoms with Crippen LogP contribution in [0.4, 0.5) is 0 Å². The molecule has 18 heavy (non-hydrogen) atoms. The summed E-state index contributed by atoms with van der Waals surface area (Å²) in [4.78, 5) is 2.47. The van der Waals surface area contributed by atoms with Gasteiger partial charge in [-0.3, -0.25) is 4.90 Å². The molecule has 1 aromatic carbocycles. The molecule has 0 bridgehead atoms. The summed E-state index contributed by atoms with van der Waals surface area (Å²) in [5.41, 5.74) is 11.5. The number of nitrogens with zero attached hydrogens (tertiary/aromatic N) is 1. The van der Waals surface area contributed by atoms with E-state index >= 15 is 0 Å². The highest BCUT2D eigenvalue weighted by atomic mass is 15.2. The molecule has 0 aliphatic rings. The lowest BCUT2D eigenvalue weighted by Crippen LogP contribution is -2.38. The second kappa shape index (κ2) is 6.35. The molecule has 0 saturated heterocycles. The third-order valence-electron chi connectivity index (χ3n) is 3.89. The van der Waals surface area contributed by atoms with E-state index in [2.05, 4.69) is 58.6 Å². The summed E-state index contributed by atoms with van der Waals surface area (Å²) in [6.45, 7) is 14.9. The van der Waals surface area contributed by atoms with E-state index < -0.39 is 0 Å². The van der Waals surface area contributed by atoms with E-state index in [1.54, 1.807) is 0 Å². The van der Waals surface area contributed by atoms with E-state index in [1.165, 1.54) is 22.3 Å². The zero-order valence-corrected chi connectivity index (χ0v) is 12.7. The zero-order valence-electron chi connectivity index (χ0n) is 12.7. The third-order valence-corrected chi connectivity index (χ3v) is 3.89. The fraction of sp³-hybridized carbons (Fsp3) is 0.625. The van der Waals surface area contributed by atoms with Crippen LogP contribution in [0, 0.1) is 20.8 Å². The lowest BCUT2D eigenvalue weighted by Gasteiger charge is -2.34. The van der Waals surface area contributed by atoms with Crippen molar-refractivity contribution in [3.8, 4) is 0 Å². The fourth-order valence-electron chi connectivity index (χ4n) is 2.73. The minimum absolute atomic E-state index is 0.328. The lowest BCUT2D eigenvalue weighted by atomic mass is 9.94. The number of nitrogens with two attached hydrogens (primary N) is 1. The number of aryl methyl sites for hydroxylation is 3. The van der Waals surface area contributed by atoms with Crippen molar-refractivity contribution < 1.29 is 0 Å². The van der Waals surface area contributed by atoms with Crippen molar-refractivity contribution in [3.05, 3.63) is 34.4 Å². The predicted octanol–water partition coefficient (Wildman–Crippen LogP) is 3.34. The Labute approximate surface area is 112 Å². The van der Waals surface area contributed by atoms with Crippen molar-refractivity contribution >= 4 is 0 Å². The molecular weight excluding hydrogens is 220 g/mol. The third kappa shape index (κ3) is 3.12.